The minimum atomic E-state index is -0.523. The third-order valence-corrected chi connectivity index (χ3v) is 4.15. The summed E-state index contributed by atoms with van der Waals surface area (Å²) in [6.07, 6.45) is 4.72. The van der Waals surface area contributed by atoms with Crippen molar-refractivity contribution in [2.75, 3.05) is 24.2 Å². The van der Waals surface area contributed by atoms with Crippen molar-refractivity contribution < 1.29 is 13.9 Å². The lowest BCUT2D eigenvalue weighted by Gasteiger charge is -2.24. The Morgan fingerprint density at radius 3 is 2.71 bits per heavy atom. The maximum Gasteiger partial charge on any atom is 0.340 e. The minimum Gasteiger partial charge on any atom is -0.462 e. The van der Waals surface area contributed by atoms with Crippen LogP contribution in [0.3, 0.4) is 0 Å². The number of hydrogen-bond donors (Lipinski definition) is 2. The van der Waals surface area contributed by atoms with Crippen LogP contribution in [0, 0.1) is 11.2 Å². The Balaban J connectivity index is 2.15. The van der Waals surface area contributed by atoms with Gasteiger partial charge in [-0.2, -0.15) is 0 Å². The number of rotatable bonds is 5. The summed E-state index contributed by atoms with van der Waals surface area (Å²) in [5.41, 5.74) is 6.50. The number of carbonyl (C=O) groups excluding carboxylic acids is 1. The fourth-order valence-corrected chi connectivity index (χ4v) is 2.82. The average molecular weight is 294 g/mol. The van der Waals surface area contributed by atoms with E-state index in [0.717, 1.165) is 12.8 Å². The van der Waals surface area contributed by atoms with E-state index in [1.165, 1.54) is 25.0 Å². The van der Waals surface area contributed by atoms with Crippen molar-refractivity contribution >= 4 is 17.3 Å². The molecule has 5 heteroatoms. The van der Waals surface area contributed by atoms with E-state index in [-0.39, 0.29) is 23.3 Å². The molecule has 0 aromatic heterocycles. The van der Waals surface area contributed by atoms with Crippen LogP contribution in [-0.4, -0.2) is 19.1 Å². The first kappa shape index (κ1) is 15.6. The summed E-state index contributed by atoms with van der Waals surface area (Å²) in [5, 5.41) is 3.12. The topological polar surface area (TPSA) is 64.3 Å². The van der Waals surface area contributed by atoms with Crippen molar-refractivity contribution in [2.24, 2.45) is 5.41 Å². The molecule has 0 radical (unpaired) electrons. The standard InChI is InChI=1S/C16H23FN2O2/c1-3-21-15(20)11-8-14(12(17)9-13(11)18)19-10-16(2)6-4-5-7-16/h8-9,19H,3-7,10,18H2,1-2H3. The van der Waals surface area contributed by atoms with Crippen LogP contribution < -0.4 is 11.1 Å². The van der Waals surface area contributed by atoms with Crippen LogP contribution in [0.2, 0.25) is 0 Å². The number of nitrogens with one attached hydrogen (secondary N) is 1. The summed E-state index contributed by atoms with van der Waals surface area (Å²) in [6.45, 7) is 4.87. The highest BCUT2D eigenvalue weighted by atomic mass is 19.1. The van der Waals surface area contributed by atoms with E-state index in [2.05, 4.69) is 12.2 Å². The van der Waals surface area contributed by atoms with Crippen molar-refractivity contribution in [3.05, 3.63) is 23.5 Å². The number of halogens is 1. The summed E-state index contributed by atoms with van der Waals surface area (Å²) in [7, 11) is 0. The second kappa shape index (κ2) is 6.33. The van der Waals surface area contributed by atoms with E-state index in [1.54, 1.807) is 6.92 Å². The van der Waals surface area contributed by atoms with E-state index >= 15 is 0 Å². The fourth-order valence-electron chi connectivity index (χ4n) is 2.82. The molecular formula is C16H23FN2O2. The monoisotopic (exact) mass is 294 g/mol. The Labute approximate surface area is 124 Å². The predicted octanol–water partition coefficient (Wildman–Crippen LogP) is 3.58. The largest absolute Gasteiger partial charge is 0.462 e. The summed E-state index contributed by atoms with van der Waals surface area (Å²) < 4.78 is 18.9. The number of carbonyl (C=O) groups is 1. The minimum absolute atomic E-state index is 0.101. The molecule has 1 aliphatic rings. The van der Waals surface area contributed by atoms with Gasteiger partial charge in [-0.15, -0.1) is 0 Å². The molecule has 1 aliphatic carbocycles. The number of nitrogens with two attached hydrogens (primary N) is 1. The number of esters is 1. The van der Waals surface area contributed by atoms with Gasteiger partial charge in [0.25, 0.3) is 0 Å². The molecule has 21 heavy (non-hydrogen) atoms. The van der Waals surface area contributed by atoms with Crippen molar-refractivity contribution in [1.29, 1.82) is 0 Å². The lowest BCUT2D eigenvalue weighted by Crippen LogP contribution is -2.23. The van der Waals surface area contributed by atoms with Gasteiger partial charge in [0.15, 0.2) is 0 Å². The Hall–Kier alpha value is -1.78. The second-order valence-corrected chi connectivity index (χ2v) is 6.01. The zero-order valence-corrected chi connectivity index (χ0v) is 12.7. The van der Waals surface area contributed by atoms with E-state index in [0.29, 0.717) is 12.2 Å². The molecule has 0 bridgehead atoms. The predicted molar refractivity (Wildman–Crippen MR) is 81.8 cm³/mol. The van der Waals surface area contributed by atoms with Crippen molar-refractivity contribution in [2.45, 2.75) is 39.5 Å². The van der Waals surface area contributed by atoms with Crippen molar-refractivity contribution in [1.82, 2.24) is 0 Å². The summed E-state index contributed by atoms with van der Waals surface area (Å²) >= 11 is 0. The van der Waals surface area contributed by atoms with Crippen molar-refractivity contribution in [3.8, 4) is 0 Å². The number of benzene rings is 1. The summed E-state index contributed by atoms with van der Waals surface area (Å²) in [6, 6.07) is 2.62. The molecule has 1 aromatic carbocycles. The number of nitrogen functional groups attached to an aromatic ring is 1. The van der Waals surface area contributed by atoms with Gasteiger partial charge in [-0.05, 0) is 37.3 Å². The fraction of sp³-hybridized carbons (Fsp3) is 0.562. The molecule has 1 aromatic rings. The van der Waals surface area contributed by atoms with Gasteiger partial charge in [-0.3, -0.25) is 0 Å². The number of hydrogen-bond acceptors (Lipinski definition) is 4. The van der Waals surface area contributed by atoms with Crippen LogP contribution in [-0.2, 0) is 4.74 Å². The lowest BCUT2D eigenvalue weighted by atomic mass is 9.89. The second-order valence-electron chi connectivity index (χ2n) is 6.01. The molecule has 4 nitrogen and oxygen atoms in total. The van der Waals surface area contributed by atoms with E-state index in [1.807, 2.05) is 0 Å². The lowest BCUT2D eigenvalue weighted by molar-refractivity contribution is 0.0527. The van der Waals surface area contributed by atoms with Crippen LogP contribution in [0.25, 0.3) is 0 Å². The molecular weight excluding hydrogens is 271 g/mol. The van der Waals surface area contributed by atoms with Gasteiger partial charge < -0.3 is 15.8 Å². The van der Waals surface area contributed by atoms with E-state index in [4.69, 9.17) is 10.5 Å². The summed E-state index contributed by atoms with van der Waals surface area (Å²) in [5.74, 6) is -0.965. The van der Waals surface area contributed by atoms with Gasteiger partial charge in [0.05, 0.1) is 17.9 Å². The normalized spacial score (nSPS) is 16.7. The molecule has 116 valence electrons. The quantitative estimate of drug-likeness (QED) is 0.643. The van der Waals surface area contributed by atoms with E-state index in [9.17, 15) is 9.18 Å². The van der Waals surface area contributed by atoms with Crippen LogP contribution in [0.4, 0.5) is 15.8 Å². The Morgan fingerprint density at radius 1 is 1.43 bits per heavy atom. The third-order valence-electron chi connectivity index (χ3n) is 4.15. The van der Waals surface area contributed by atoms with Crippen molar-refractivity contribution in [3.63, 3.8) is 0 Å². The molecule has 1 saturated carbocycles. The Kier molecular flexibility index (Phi) is 4.70. The zero-order valence-electron chi connectivity index (χ0n) is 12.7. The first-order valence-corrected chi connectivity index (χ1v) is 7.45. The Bertz CT molecular complexity index is 525. The number of ether oxygens (including phenoxy) is 1. The van der Waals surface area contributed by atoms with Gasteiger partial charge in [-0.25, -0.2) is 9.18 Å². The van der Waals surface area contributed by atoms with Gasteiger partial charge in [0.1, 0.15) is 5.82 Å². The smallest absolute Gasteiger partial charge is 0.340 e. The third kappa shape index (κ3) is 3.65. The summed E-state index contributed by atoms with van der Waals surface area (Å²) in [4.78, 5) is 11.8. The highest BCUT2D eigenvalue weighted by Gasteiger charge is 2.28. The molecule has 0 amide bonds. The molecule has 0 unspecified atom stereocenters. The molecule has 0 spiro atoms. The molecule has 2 rings (SSSR count). The van der Waals surface area contributed by atoms with Gasteiger partial charge in [-0.1, -0.05) is 19.8 Å². The van der Waals surface area contributed by atoms with Crippen LogP contribution >= 0.6 is 0 Å². The van der Waals surface area contributed by atoms with E-state index < -0.39 is 11.8 Å². The van der Waals surface area contributed by atoms with Crippen LogP contribution in [0.15, 0.2) is 12.1 Å². The maximum absolute atomic E-state index is 14.0. The molecule has 0 saturated heterocycles. The molecule has 0 aliphatic heterocycles. The SMILES string of the molecule is CCOC(=O)c1cc(NCC2(C)CCCC2)c(F)cc1N. The highest BCUT2D eigenvalue weighted by Crippen LogP contribution is 2.37. The van der Waals surface area contributed by atoms with Gasteiger partial charge in [0, 0.05) is 12.2 Å². The molecule has 1 fully saturated rings. The number of anilines is 2. The highest BCUT2D eigenvalue weighted by molar-refractivity contribution is 5.96. The first-order chi connectivity index (χ1) is 9.95. The van der Waals surface area contributed by atoms with Crippen LogP contribution in [0.5, 0.6) is 0 Å². The zero-order chi connectivity index (χ0) is 15.5. The maximum atomic E-state index is 14.0. The first-order valence-electron chi connectivity index (χ1n) is 7.45. The molecule has 0 atom stereocenters. The average Bonchev–Trinajstić information content (AvgIpc) is 2.85. The molecule has 3 N–H and O–H groups in total. The van der Waals surface area contributed by atoms with Gasteiger partial charge in [0.2, 0.25) is 0 Å². The molecule has 0 heterocycles. The Morgan fingerprint density at radius 2 is 2.10 bits per heavy atom. The van der Waals surface area contributed by atoms with Gasteiger partial charge >= 0.3 is 5.97 Å². The van der Waals surface area contributed by atoms with Crippen LogP contribution in [0.1, 0.15) is 49.9 Å².